The van der Waals surface area contributed by atoms with E-state index in [2.05, 4.69) is 31.9 Å². The normalized spacial score (nSPS) is 15.0. The number of nitrogens with one attached hydrogen (secondary N) is 6. The van der Waals surface area contributed by atoms with Crippen molar-refractivity contribution in [2.24, 2.45) is 17.4 Å². The number of hydrogen-bond acceptors (Lipinski definition) is 12. The van der Waals surface area contributed by atoms with Crippen LogP contribution in [0.1, 0.15) is 52.0 Å². The molecule has 6 amide bonds. The van der Waals surface area contributed by atoms with Crippen molar-refractivity contribution in [2.75, 3.05) is 26.3 Å². The second-order valence-corrected chi connectivity index (χ2v) is 12.0. The number of aliphatic hydroxyl groups is 2. The van der Waals surface area contributed by atoms with Crippen molar-refractivity contribution in [2.45, 2.75) is 89.1 Å². The summed E-state index contributed by atoms with van der Waals surface area (Å²) in [6.07, 6.45) is 1.88. The Labute approximate surface area is 295 Å². The molecule has 7 atom stereocenters. The second-order valence-electron chi connectivity index (χ2n) is 12.0. The van der Waals surface area contributed by atoms with Gasteiger partial charge in [0.2, 0.25) is 35.4 Å². The van der Waals surface area contributed by atoms with Crippen molar-refractivity contribution in [3.8, 4) is 5.75 Å². The highest BCUT2D eigenvalue weighted by Gasteiger charge is 2.32. The smallest absolute Gasteiger partial charge is 0.326 e. The molecule has 0 unspecified atom stereocenters. The van der Waals surface area contributed by atoms with Crippen LogP contribution in [0.3, 0.4) is 0 Å². The predicted molar refractivity (Wildman–Crippen MR) is 182 cm³/mol. The second kappa shape index (κ2) is 22.8. The van der Waals surface area contributed by atoms with Crippen LogP contribution in [0.4, 0.5) is 0 Å². The van der Waals surface area contributed by atoms with Gasteiger partial charge in [-0.2, -0.15) is 0 Å². The van der Waals surface area contributed by atoms with E-state index in [1.54, 1.807) is 13.8 Å². The molecule has 0 radical (unpaired) electrons. The summed E-state index contributed by atoms with van der Waals surface area (Å²) in [5.74, 6) is -7.04. The van der Waals surface area contributed by atoms with Crippen molar-refractivity contribution in [3.05, 3.63) is 29.8 Å². The molecule has 0 fully saturated rings. The molecular formula is C32H52N8O11. The standard InChI is InChI=1S/C32H52N8O11/c1-4-17(2)26(32(50)51)40-31(49)24(16-42)39-30(48)22(13-19-8-10-20(43)11-9-19)37-25(44)14-35-29(47)23(15-41)38-27(45)18(3)36-28(46)21(34)7-5-6-12-33/h8-11,17-18,21-24,26,41-43H,4-7,12-16,33-34H2,1-3H3,(H,35,47)(H,36,46)(H,37,44)(H,38,45)(H,39,48)(H,40,49)(H,50,51)/t17-,18-,21-,22-,23-,24-,26-/m0/s1. The summed E-state index contributed by atoms with van der Waals surface area (Å²) < 4.78 is 0. The number of carboxylic acid groups (broad SMARTS) is 1. The first-order chi connectivity index (χ1) is 24.1. The van der Waals surface area contributed by atoms with Gasteiger partial charge in [0, 0.05) is 6.42 Å². The number of phenolic OH excluding ortho intramolecular Hbond substituents is 1. The molecule has 0 saturated heterocycles. The number of amides is 6. The monoisotopic (exact) mass is 724 g/mol. The summed E-state index contributed by atoms with van der Waals surface area (Å²) in [4.78, 5) is 88.3. The molecule has 0 saturated carbocycles. The lowest BCUT2D eigenvalue weighted by molar-refractivity contribution is -0.144. The first-order valence-corrected chi connectivity index (χ1v) is 16.5. The molecule has 1 aromatic rings. The molecule has 0 aliphatic carbocycles. The van der Waals surface area contributed by atoms with Gasteiger partial charge < -0.3 is 63.8 Å². The first-order valence-electron chi connectivity index (χ1n) is 16.5. The van der Waals surface area contributed by atoms with Crippen molar-refractivity contribution in [1.29, 1.82) is 0 Å². The van der Waals surface area contributed by atoms with Crippen LogP contribution in [0.25, 0.3) is 0 Å². The zero-order chi connectivity index (χ0) is 38.7. The summed E-state index contributed by atoms with van der Waals surface area (Å²) in [7, 11) is 0. The highest BCUT2D eigenvalue weighted by molar-refractivity contribution is 5.96. The molecule has 0 aliphatic rings. The molecule has 0 bridgehead atoms. The number of aromatic hydroxyl groups is 1. The number of carbonyl (C=O) groups excluding carboxylic acids is 6. The SMILES string of the molecule is CC[C@H](C)[C@H](NC(=O)[C@H](CO)NC(=O)[C@H](Cc1ccc(O)cc1)NC(=O)CNC(=O)[C@H](CO)NC(=O)[C@H](C)NC(=O)[C@@H](N)CCCCN)C(=O)O. The number of carboxylic acids is 1. The molecule has 19 nitrogen and oxygen atoms in total. The zero-order valence-electron chi connectivity index (χ0n) is 29.0. The Morgan fingerprint density at radius 3 is 1.86 bits per heavy atom. The van der Waals surface area contributed by atoms with Gasteiger partial charge in [-0.1, -0.05) is 38.8 Å². The maximum Gasteiger partial charge on any atom is 0.326 e. The van der Waals surface area contributed by atoms with E-state index in [1.165, 1.54) is 31.2 Å². The average Bonchev–Trinajstić information content (AvgIpc) is 3.10. The fraction of sp³-hybridized carbons (Fsp3) is 0.594. The van der Waals surface area contributed by atoms with Crippen LogP contribution < -0.4 is 43.4 Å². The van der Waals surface area contributed by atoms with Gasteiger partial charge in [-0.3, -0.25) is 28.8 Å². The third kappa shape index (κ3) is 15.7. The Kier molecular flexibility index (Phi) is 19.7. The Balaban J connectivity index is 2.93. The molecule has 1 aromatic carbocycles. The molecule has 1 rings (SSSR count). The molecule has 19 heteroatoms. The highest BCUT2D eigenvalue weighted by atomic mass is 16.4. The first kappa shape index (κ1) is 44.2. The minimum absolute atomic E-state index is 0.0676. The summed E-state index contributed by atoms with van der Waals surface area (Å²) >= 11 is 0. The molecule has 0 spiro atoms. The molecule has 14 N–H and O–H groups in total. The van der Waals surface area contributed by atoms with Crippen molar-refractivity contribution < 1.29 is 54.0 Å². The number of benzene rings is 1. The summed E-state index contributed by atoms with van der Waals surface area (Å²) in [6, 6.07) is -2.20. The number of hydrogen-bond donors (Lipinski definition) is 12. The summed E-state index contributed by atoms with van der Waals surface area (Å²) in [6.45, 7) is 2.62. The van der Waals surface area contributed by atoms with Crippen molar-refractivity contribution >= 4 is 41.4 Å². The van der Waals surface area contributed by atoms with Crippen LogP contribution in [0.15, 0.2) is 24.3 Å². The van der Waals surface area contributed by atoms with E-state index in [0.717, 1.165) is 0 Å². The summed E-state index contributed by atoms with van der Waals surface area (Å²) in [5.41, 5.74) is 11.7. The third-order valence-electron chi connectivity index (χ3n) is 7.92. The van der Waals surface area contributed by atoms with Crippen molar-refractivity contribution in [1.82, 2.24) is 31.9 Å². The van der Waals surface area contributed by atoms with Gasteiger partial charge in [0.1, 0.15) is 36.0 Å². The van der Waals surface area contributed by atoms with E-state index in [4.69, 9.17) is 11.5 Å². The Morgan fingerprint density at radius 2 is 1.31 bits per heavy atom. The number of phenols is 1. The molecule has 0 aliphatic heterocycles. The maximum absolute atomic E-state index is 13.3. The van der Waals surface area contributed by atoms with Gasteiger partial charge in [-0.05, 0) is 49.9 Å². The van der Waals surface area contributed by atoms with Gasteiger partial charge in [0.25, 0.3) is 0 Å². The third-order valence-corrected chi connectivity index (χ3v) is 7.92. The van der Waals surface area contributed by atoms with E-state index in [0.29, 0.717) is 37.8 Å². The van der Waals surface area contributed by atoms with Gasteiger partial charge in [0.15, 0.2) is 0 Å². The number of unbranched alkanes of at least 4 members (excludes halogenated alkanes) is 1. The van der Waals surface area contributed by atoms with Crippen LogP contribution in [0.5, 0.6) is 5.75 Å². The molecule has 0 aromatic heterocycles. The lowest BCUT2D eigenvalue weighted by Crippen LogP contribution is -2.59. The molecule has 51 heavy (non-hydrogen) atoms. The van der Waals surface area contributed by atoms with Crippen LogP contribution in [-0.2, 0) is 40.0 Å². The predicted octanol–water partition coefficient (Wildman–Crippen LogP) is -3.93. The quantitative estimate of drug-likeness (QED) is 0.0481. The zero-order valence-corrected chi connectivity index (χ0v) is 29.0. The fourth-order valence-electron chi connectivity index (χ4n) is 4.53. The molecular weight excluding hydrogens is 672 g/mol. The number of nitrogens with two attached hydrogens (primary N) is 2. The maximum atomic E-state index is 13.3. The van der Waals surface area contributed by atoms with E-state index in [9.17, 15) is 54.0 Å². The number of aliphatic carboxylic acids is 1. The van der Waals surface area contributed by atoms with E-state index < -0.39 is 103 Å². The largest absolute Gasteiger partial charge is 0.508 e. The van der Waals surface area contributed by atoms with Gasteiger partial charge in [-0.15, -0.1) is 0 Å². The lowest BCUT2D eigenvalue weighted by Gasteiger charge is -2.25. The van der Waals surface area contributed by atoms with Gasteiger partial charge >= 0.3 is 5.97 Å². The number of carbonyl (C=O) groups is 7. The van der Waals surface area contributed by atoms with E-state index in [-0.39, 0.29) is 12.2 Å². The highest BCUT2D eigenvalue weighted by Crippen LogP contribution is 2.12. The minimum atomic E-state index is -1.59. The molecule has 0 heterocycles. The topological polar surface area (TPSA) is 325 Å². The lowest BCUT2D eigenvalue weighted by atomic mass is 9.99. The molecule has 286 valence electrons. The van der Waals surface area contributed by atoms with Crippen LogP contribution in [0.2, 0.25) is 0 Å². The fourth-order valence-corrected chi connectivity index (χ4v) is 4.53. The van der Waals surface area contributed by atoms with Gasteiger partial charge in [0.05, 0.1) is 25.8 Å². The van der Waals surface area contributed by atoms with Crippen molar-refractivity contribution in [3.63, 3.8) is 0 Å². The van der Waals surface area contributed by atoms with E-state index >= 15 is 0 Å². The number of aliphatic hydroxyl groups excluding tert-OH is 2. The Morgan fingerprint density at radius 1 is 0.745 bits per heavy atom. The average molecular weight is 725 g/mol. The Hall–Kier alpha value is -4.85. The van der Waals surface area contributed by atoms with Crippen LogP contribution in [0, 0.1) is 5.92 Å². The minimum Gasteiger partial charge on any atom is -0.508 e. The summed E-state index contributed by atoms with van der Waals surface area (Å²) in [5, 5.41) is 52.6. The van der Waals surface area contributed by atoms with Gasteiger partial charge in [-0.25, -0.2) is 4.79 Å². The van der Waals surface area contributed by atoms with Crippen LogP contribution >= 0.6 is 0 Å². The van der Waals surface area contributed by atoms with E-state index in [1.807, 2.05) is 0 Å². The Bertz CT molecular complexity index is 1330. The number of rotatable bonds is 23. The van der Waals surface area contributed by atoms with Crippen LogP contribution in [-0.4, -0.2) is 124 Å².